The highest BCUT2D eigenvalue weighted by Crippen LogP contribution is 2.34. The predicted molar refractivity (Wildman–Crippen MR) is 155 cm³/mol. The maximum atomic E-state index is 11.9. The number of carbonyl (C=O) groups excluding carboxylic acids is 2. The lowest BCUT2D eigenvalue weighted by Gasteiger charge is -2.14. The lowest BCUT2D eigenvalue weighted by Crippen LogP contribution is -2.20. The van der Waals surface area contributed by atoms with Crippen LogP contribution in [0.2, 0.25) is 0 Å². The van der Waals surface area contributed by atoms with E-state index in [0.29, 0.717) is 19.0 Å². The SMILES string of the molecule is CCCc1cc(/C(CCc2ccccc2)=N\OC)ccc1OCCCOc1ccc(C2SC(=O)NC2=O)cc1. The van der Waals surface area contributed by atoms with Gasteiger partial charge in [-0.1, -0.05) is 61.0 Å². The second-order valence-electron chi connectivity index (χ2n) is 9.17. The van der Waals surface area contributed by atoms with Crippen LogP contribution >= 0.6 is 11.8 Å². The van der Waals surface area contributed by atoms with Crippen LogP contribution in [0.4, 0.5) is 4.79 Å². The molecule has 1 aliphatic rings. The third-order valence-electron chi connectivity index (χ3n) is 6.29. The number of rotatable bonds is 14. The second-order valence-corrected chi connectivity index (χ2v) is 10.3. The molecule has 1 heterocycles. The van der Waals surface area contributed by atoms with Gasteiger partial charge in [-0.05, 0) is 83.6 Å². The fourth-order valence-corrected chi connectivity index (χ4v) is 5.20. The van der Waals surface area contributed by atoms with Gasteiger partial charge in [0.15, 0.2) is 0 Å². The topological polar surface area (TPSA) is 86.2 Å². The molecule has 3 aromatic rings. The summed E-state index contributed by atoms with van der Waals surface area (Å²) in [6.07, 6.45) is 4.31. The highest BCUT2D eigenvalue weighted by Gasteiger charge is 2.32. The zero-order chi connectivity index (χ0) is 27.5. The largest absolute Gasteiger partial charge is 0.493 e. The van der Waals surface area contributed by atoms with E-state index in [-0.39, 0.29) is 11.1 Å². The normalized spacial score (nSPS) is 15.2. The van der Waals surface area contributed by atoms with Gasteiger partial charge < -0.3 is 14.3 Å². The number of thioether (sulfide) groups is 1. The molecular formula is C31H34N2O5S. The Hall–Kier alpha value is -3.78. The first-order valence-corrected chi connectivity index (χ1v) is 14.1. The van der Waals surface area contributed by atoms with Crippen LogP contribution < -0.4 is 14.8 Å². The molecule has 1 N–H and O–H groups in total. The third-order valence-corrected chi connectivity index (χ3v) is 7.33. The number of hydrogen-bond donors (Lipinski definition) is 1. The zero-order valence-electron chi connectivity index (χ0n) is 22.4. The van der Waals surface area contributed by atoms with Gasteiger partial charge in [-0.15, -0.1) is 0 Å². The molecular weight excluding hydrogens is 512 g/mol. The average molecular weight is 547 g/mol. The molecule has 4 rings (SSSR count). The van der Waals surface area contributed by atoms with Crippen LogP contribution in [-0.4, -0.2) is 37.2 Å². The molecule has 0 aliphatic carbocycles. The van der Waals surface area contributed by atoms with E-state index in [1.165, 1.54) is 5.56 Å². The summed E-state index contributed by atoms with van der Waals surface area (Å²) < 4.78 is 12.0. The van der Waals surface area contributed by atoms with Crippen LogP contribution in [0.3, 0.4) is 0 Å². The summed E-state index contributed by atoms with van der Waals surface area (Å²) in [5.74, 6) is 1.32. The monoisotopic (exact) mass is 546 g/mol. The van der Waals surface area contributed by atoms with E-state index in [4.69, 9.17) is 14.3 Å². The summed E-state index contributed by atoms with van der Waals surface area (Å²) in [7, 11) is 1.58. The van der Waals surface area contributed by atoms with Crippen molar-refractivity contribution in [1.82, 2.24) is 5.32 Å². The number of ether oxygens (including phenoxy) is 2. The Kier molecular flexibility index (Phi) is 10.4. The molecule has 2 amide bonds. The van der Waals surface area contributed by atoms with Crippen LogP contribution in [0.1, 0.15) is 53.7 Å². The van der Waals surface area contributed by atoms with Gasteiger partial charge in [-0.3, -0.25) is 14.9 Å². The van der Waals surface area contributed by atoms with E-state index >= 15 is 0 Å². The van der Waals surface area contributed by atoms with Crippen LogP contribution in [-0.2, 0) is 22.5 Å². The van der Waals surface area contributed by atoms with Gasteiger partial charge in [0.05, 0.1) is 18.9 Å². The highest BCUT2D eigenvalue weighted by atomic mass is 32.2. The number of benzene rings is 3. The first kappa shape index (κ1) is 28.2. The van der Waals surface area contributed by atoms with Crippen molar-refractivity contribution in [3.63, 3.8) is 0 Å². The molecule has 1 aliphatic heterocycles. The van der Waals surface area contributed by atoms with E-state index in [1.54, 1.807) is 7.11 Å². The Morgan fingerprint density at radius 2 is 1.72 bits per heavy atom. The van der Waals surface area contributed by atoms with Crippen molar-refractivity contribution in [1.29, 1.82) is 0 Å². The lowest BCUT2D eigenvalue weighted by molar-refractivity contribution is -0.119. The molecule has 0 radical (unpaired) electrons. The van der Waals surface area contributed by atoms with Gasteiger partial charge >= 0.3 is 0 Å². The number of nitrogens with one attached hydrogen (secondary N) is 1. The second kappa shape index (κ2) is 14.4. The van der Waals surface area contributed by atoms with E-state index in [2.05, 4.69) is 47.7 Å². The summed E-state index contributed by atoms with van der Waals surface area (Å²) in [5.41, 5.74) is 5.17. The molecule has 1 atom stereocenters. The highest BCUT2D eigenvalue weighted by molar-refractivity contribution is 8.15. The first-order chi connectivity index (χ1) is 19.1. The van der Waals surface area contributed by atoms with Crippen molar-refractivity contribution in [2.45, 2.75) is 44.3 Å². The van der Waals surface area contributed by atoms with E-state index < -0.39 is 5.25 Å². The van der Waals surface area contributed by atoms with Crippen molar-refractivity contribution in [3.05, 3.63) is 95.1 Å². The van der Waals surface area contributed by atoms with Gasteiger partial charge in [0, 0.05) is 6.42 Å². The van der Waals surface area contributed by atoms with Crippen LogP contribution in [0, 0.1) is 0 Å². The van der Waals surface area contributed by atoms with Crippen LogP contribution in [0.15, 0.2) is 78.0 Å². The van der Waals surface area contributed by atoms with Crippen molar-refractivity contribution in [2.24, 2.45) is 5.16 Å². The molecule has 3 aromatic carbocycles. The van der Waals surface area contributed by atoms with Gasteiger partial charge in [-0.25, -0.2) is 0 Å². The molecule has 1 saturated heterocycles. The quantitative estimate of drug-likeness (QED) is 0.141. The molecule has 7 nitrogen and oxygen atoms in total. The van der Waals surface area contributed by atoms with E-state index in [0.717, 1.165) is 72.0 Å². The molecule has 204 valence electrons. The number of amides is 2. The fourth-order valence-electron chi connectivity index (χ4n) is 4.37. The summed E-state index contributed by atoms with van der Waals surface area (Å²) in [6.45, 7) is 3.19. The van der Waals surface area contributed by atoms with Crippen LogP contribution in [0.5, 0.6) is 11.5 Å². The molecule has 0 saturated carbocycles. The molecule has 0 aromatic heterocycles. The number of imide groups is 1. The van der Waals surface area contributed by atoms with Gasteiger partial charge in [-0.2, -0.15) is 0 Å². The molecule has 0 spiro atoms. The number of nitrogens with zero attached hydrogens (tertiary/aromatic N) is 1. The summed E-state index contributed by atoms with van der Waals surface area (Å²) in [6, 6.07) is 23.9. The number of aryl methyl sites for hydroxylation is 2. The molecule has 8 heteroatoms. The van der Waals surface area contributed by atoms with Crippen molar-refractivity contribution < 1.29 is 23.9 Å². The fraction of sp³-hybridized carbons (Fsp3) is 0.323. The number of oxime groups is 1. The standard InChI is InChI=1S/C31H34N2O5S/c1-3-8-25-21-24(27(33-36-2)17-11-22-9-5-4-6-10-22)14-18-28(25)38-20-7-19-37-26-15-12-23(13-16-26)29-30(34)32-31(35)39-29/h4-6,9-10,12-16,18,21,29H,3,7-8,11,17,19-20H2,1-2H3,(H,32,34,35)/b33-27-. The Morgan fingerprint density at radius 3 is 2.41 bits per heavy atom. The lowest BCUT2D eigenvalue weighted by atomic mass is 9.98. The summed E-state index contributed by atoms with van der Waals surface area (Å²) in [4.78, 5) is 28.4. The molecule has 1 fully saturated rings. The van der Waals surface area contributed by atoms with Gasteiger partial charge in [0.25, 0.3) is 5.24 Å². The zero-order valence-corrected chi connectivity index (χ0v) is 23.2. The maximum absolute atomic E-state index is 11.9. The summed E-state index contributed by atoms with van der Waals surface area (Å²) >= 11 is 0.996. The Balaban J connectivity index is 1.28. The van der Waals surface area contributed by atoms with E-state index in [9.17, 15) is 9.59 Å². The summed E-state index contributed by atoms with van der Waals surface area (Å²) in [5, 5.41) is 5.81. The predicted octanol–water partition coefficient (Wildman–Crippen LogP) is 6.49. The van der Waals surface area contributed by atoms with Crippen LogP contribution in [0.25, 0.3) is 0 Å². The first-order valence-electron chi connectivity index (χ1n) is 13.2. The van der Waals surface area contributed by atoms with E-state index in [1.807, 2.05) is 42.5 Å². The Labute approximate surface area is 233 Å². The van der Waals surface area contributed by atoms with Gasteiger partial charge in [0.2, 0.25) is 5.91 Å². The third kappa shape index (κ3) is 8.10. The Morgan fingerprint density at radius 1 is 0.949 bits per heavy atom. The smallest absolute Gasteiger partial charge is 0.286 e. The maximum Gasteiger partial charge on any atom is 0.286 e. The average Bonchev–Trinajstić information content (AvgIpc) is 3.30. The molecule has 39 heavy (non-hydrogen) atoms. The minimum absolute atomic E-state index is 0.277. The minimum Gasteiger partial charge on any atom is -0.493 e. The minimum atomic E-state index is -0.496. The van der Waals surface area contributed by atoms with Gasteiger partial charge in [0.1, 0.15) is 23.9 Å². The molecule has 0 bridgehead atoms. The molecule has 1 unspecified atom stereocenters. The number of carbonyl (C=O) groups is 2. The van der Waals surface area contributed by atoms with Crippen molar-refractivity contribution >= 4 is 28.6 Å². The van der Waals surface area contributed by atoms with Crippen molar-refractivity contribution in [2.75, 3.05) is 20.3 Å². The number of hydrogen-bond acceptors (Lipinski definition) is 7. The van der Waals surface area contributed by atoms with Crippen molar-refractivity contribution in [3.8, 4) is 11.5 Å². The Bertz CT molecular complexity index is 1280.